The van der Waals surface area contributed by atoms with Gasteiger partial charge in [-0.25, -0.2) is 4.79 Å². The molecule has 0 saturated carbocycles. The van der Waals surface area contributed by atoms with Gasteiger partial charge in [-0.15, -0.1) is 0 Å². The molecule has 0 saturated heterocycles. The van der Waals surface area contributed by atoms with E-state index in [1.807, 2.05) is 30.3 Å². The van der Waals surface area contributed by atoms with Crippen molar-refractivity contribution in [1.29, 1.82) is 0 Å². The molecule has 0 bridgehead atoms. The van der Waals surface area contributed by atoms with Gasteiger partial charge in [0.15, 0.2) is 13.2 Å². The minimum absolute atomic E-state index is 0.169. The first-order chi connectivity index (χ1) is 12.9. The second kappa shape index (κ2) is 7.61. The topological polar surface area (TPSA) is 135 Å². The van der Waals surface area contributed by atoms with E-state index < -0.39 is 17.4 Å². The Balaban J connectivity index is 2.22. The van der Waals surface area contributed by atoms with E-state index in [4.69, 9.17) is 25.4 Å². The molecule has 0 radical (unpaired) electrons. The van der Waals surface area contributed by atoms with Crippen molar-refractivity contribution in [3.05, 3.63) is 59.0 Å². The SMILES string of the molecule is NC(=O)COc1cc(OCC(N)=O)c2c(-c3ccccc3)cc(=O)oc2c1. The van der Waals surface area contributed by atoms with Crippen LogP contribution in [-0.2, 0) is 9.59 Å². The fourth-order valence-corrected chi connectivity index (χ4v) is 2.59. The van der Waals surface area contributed by atoms with Crippen molar-refractivity contribution in [2.75, 3.05) is 13.2 Å². The van der Waals surface area contributed by atoms with Crippen LogP contribution in [-0.4, -0.2) is 25.0 Å². The summed E-state index contributed by atoms with van der Waals surface area (Å²) < 4.78 is 16.0. The minimum atomic E-state index is -0.676. The second-order valence-electron chi connectivity index (χ2n) is 5.65. The number of carbonyl (C=O) groups excluding carboxylic acids is 2. The zero-order chi connectivity index (χ0) is 19.4. The molecular weight excluding hydrogens is 352 g/mol. The lowest BCUT2D eigenvalue weighted by atomic mass is 10.0. The summed E-state index contributed by atoms with van der Waals surface area (Å²) in [5.74, 6) is -0.943. The van der Waals surface area contributed by atoms with Crippen LogP contribution in [0.4, 0.5) is 0 Å². The lowest BCUT2D eigenvalue weighted by Crippen LogP contribution is -2.21. The van der Waals surface area contributed by atoms with Gasteiger partial charge in [0.2, 0.25) is 0 Å². The third kappa shape index (κ3) is 4.24. The molecule has 0 fully saturated rings. The number of nitrogens with two attached hydrogens (primary N) is 2. The monoisotopic (exact) mass is 368 g/mol. The summed E-state index contributed by atoms with van der Waals surface area (Å²) in [6.45, 7) is -0.759. The van der Waals surface area contributed by atoms with E-state index in [2.05, 4.69) is 0 Å². The largest absolute Gasteiger partial charge is 0.484 e. The number of rotatable bonds is 7. The maximum absolute atomic E-state index is 12.0. The number of hydrogen-bond donors (Lipinski definition) is 2. The standard InChI is InChI=1S/C19H16N2O6/c20-16(22)9-25-12-6-14(26-10-17(21)23)19-13(11-4-2-1-3-5-11)8-18(24)27-15(19)7-12/h1-8H,9-10H2,(H2,20,22)(H2,21,23). The van der Waals surface area contributed by atoms with Gasteiger partial charge < -0.3 is 25.4 Å². The van der Waals surface area contributed by atoms with Gasteiger partial charge >= 0.3 is 5.63 Å². The summed E-state index contributed by atoms with van der Waals surface area (Å²) in [5.41, 5.74) is 11.2. The normalized spacial score (nSPS) is 10.5. The Hall–Kier alpha value is -3.81. The number of benzene rings is 2. The summed E-state index contributed by atoms with van der Waals surface area (Å²) in [7, 11) is 0. The molecule has 8 heteroatoms. The van der Waals surface area contributed by atoms with Crippen LogP contribution in [0.1, 0.15) is 0 Å². The summed E-state index contributed by atoms with van der Waals surface area (Å²) in [5, 5.41) is 0.466. The third-order valence-electron chi connectivity index (χ3n) is 3.62. The smallest absolute Gasteiger partial charge is 0.336 e. The van der Waals surface area contributed by atoms with Crippen molar-refractivity contribution in [3.63, 3.8) is 0 Å². The fraction of sp³-hybridized carbons (Fsp3) is 0.105. The number of hydrogen-bond acceptors (Lipinski definition) is 6. The van der Waals surface area contributed by atoms with E-state index in [1.54, 1.807) is 0 Å². The predicted molar refractivity (Wildman–Crippen MR) is 97.3 cm³/mol. The molecule has 3 rings (SSSR count). The van der Waals surface area contributed by atoms with Gasteiger partial charge in [0, 0.05) is 23.8 Å². The minimum Gasteiger partial charge on any atom is -0.484 e. The molecule has 0 unspecified atom stereocenters. The zero-order valence-electron chi connectivity index (χ0n) is 14.1. The van der Waals surface area contributed by atoms with Crippen molar-refractivity contribution in [2.45, 2.75) is 0 Å². The van der Waals surface area contributed by atoms with Gasteiger partial charge in [-0.3, -0.25) is 9.59 Å². The Labute approximate surface area is 153 Å². The average molecular weight is 368 g/mol. The molecule has 0 atom stereocenters. The van der Waals surface area contributed by atoms with Crippen molar-refractivity contribution in [3.8, 4) is 22.6 Å². The van der Waals surface area contributed by atoms with E-state index in [1.165, 1.54) is 18.2 Å². The summed E-state index contributed by atoms with van der Waals surface area (Å²) in [4.78, 5) is 34.1. The Morgan fingerprint density at radius 3 is 2.26 bits per heavy atom. The lowest BCUT2D eigenvalue weighted by molar-refractivity contribution is -0.120. The molecule has 1 heterocycles. The van der Waals surface area contributed by atoms with Crippen molar-refractivity contribution in [1.82, 2.24) is 0 Å². The lowest BCUT2D eigenvalue weighted by Gasteiger charge is -2.13. The molecule has 138 valence electrons. The van der Waals surface area contributed by atoms with Crippen LogP contribution >= 0.6 is 0 Å². The zero-order valence-corrected chi connectivity index (χ0v) is 14.1. The van der Waals surface area contributed by atoms with E-state index in [-0.39, 0.29) is 30.3 Å². The Bertz CT molecular complexity index is 1060. The van der Waals surface area contributed by atoms with E-state index in [9.17, 15) is 14.4 Å². The molecule has 8 nitrogen and oxygen atoms in total. The Morgan fingerprint density at radius 2 is 1.59 bits per heavy atom. The van der Waals surface area contributed by atoms with Crippen LogP contribution in [0.15, 0.2) is 57.7 Å². The summed E-state index contributed by atoms with van der Waals surface area (Å²) >= 11 is 0. The van der Waals surface area contributed by atoms with Crippen molar-refractivity contribution >= 4 is 22.8 Å². The molecule has 27 heavy (non-hydrogen) atoms. The number of ether oxygens (including phenoxy) is 2. The maximum Gasteiger partial charge on any atom is 0.336 e. The first-order valence-corrected chi connectivity index (χ1v) is 7.93. The number of carbonyl (C=O) groups is 2. The van der Waals surface area contributed by atoms with E-state index in [0.717, 1.165) is 5.56 Å². The van der Waals surface area contributed by atoms with Crippen LogP contribution in [0.2, 0.25) is 0 Å². The Kier molecular flexibility index (Phi) is 5.07. The highest BCUT2D eigenvalue weighted by atomic mass is 16.5. The first kappa shape index (κ1) is 18.0. The van der Waals surface area contributed by atoms with Gasteiger partial charge in [0.25, 0.3) is 11.8 Å². The van der Waals surface area contributed by atoms with Gasteiger partial charge in [0.1, 0.15) is 17.1 Å². The number of fused-ring (bicyclic) bond motifs is 1. The van der Waals surface area contributed by atoms with Crippen LogP contribution in [0, 0.1) is 0 Å². The predicted octanol–water partition coefficient (Wildman–Crippen LogP) is 1.19. The third-order valence-corrected chi connectivity index (χ3v) is 3.62. The molecule has 1 aromatic heterocycles. The highest BCUT2D eigenvalue weighted by Gasteiger charge is 2.16. The van der Waals surface area contributed by atoms with Crippen LogP contribution in [0.5, 0.6) is 11.5 Å². The molecule has 0 aliphatic rings. The first-order valence-electron chi connectivity index (χ1n) is 7.93. The molecule has 4 N–H and O–H groups in total. The quantitative estimate of drug-likeness (QED) is 0.601. The number of primary amides is 2. The Morgan fingerprint density at radius 1 is 0.926 bits per heavy atom. The van der Waals surface area contributed by atoms with Gasteiger partial charge in [-0.2, -0.15) is 0 Å². The molecule has 0 aliphatic carbocycles. The van der Waals surface area contributed by atoms with Crippen molar-refractivity contribution in [2.24, 2.45) is 11.5 Å². The van der Waals surface area contributed by atoms with Gasteiger partial charge in [-0.1, -0.05) is 30.3 Å². The van der Waals surface area contributed by atoms with E-state index in [0.29, 0.717) is 10.9 Å². The second-order valence-corrected chi connectivity index (χ2v) is 5.65. The molecule has 2 amide bonds. The van der Waals surface area contributed by atoms with Crippen LogP contribution in [0.3, 0.4) is 0 Å². The fourth-order valence-electron chi connectivity index (χ4n) is 2.59. The molecule has 0 aliphatic heterocycles. The molecule has 2 aromatic carbocycles. The highest BCUT2D eigenvalue weighted by molar-refractivity contribution is 5.98. The number of amides is 2. The van der Waals surface area contributed by atoms with Gasteiger partial charge in [0.05, 0.1) is 5.39 Å². The molecule has 3 aromatic rings. The highest BCUT2D eigenvalue weighted by Crippen LogP contribution is 2.37. The molecule has 0 spiro atoms. The van der Waals surface area contributed by atoms with E-state index >= 15 is 0 Å². The molecular formula is C19H16N2O6. The summed E-state index contributed by atoms with van der Waals surface area (Å²) in [6, 6.07) is 13.4. The summed E-state index contributed by atoms with van der Waals surface area (Å²) in [6.07, 6.45) is 0. The average Bonchev–Trinajstić information content (AvgIpc) is 2.64. The van der Waals surface area contributed by atoms with Crippen LogP contribution in [0.25, 0.3) is 22.1 Å². The maximum atomic E-state index is 12.0. The van der Waals surface area contributed by atoms with Crippen molar-refractivity contribution < 1.29 is 23.5 Å². The van der Waals surface area contributed by atoms with Crippen LogP contribution < -0.4 is 26.6 Å². The van der Waals surface area contributed by atoms with Gasteiger partial charge in [-0.05, 0) is 5.56 Å².